The van der Waals surface area contributed by atoms with Crippen molar-refractivity contribution in [2.24, 2.45) is 7.05 Å². The van der Waals surface area contributed by atoms with E-state index in [1.54, 1.807) is 24.9 Å². The van der Waals surface area contributed by atoms with Crippen molar-refractivity contribution in [2.75, 3.05) is 6.61 Å². The van der Waals surface area contributed by atoms with Crippen LogP contribution in [0.5, 0.6) is 0 Å². The van der Waals surface area contributed by atoms with E-state index in [0.717, 1.165) is 0 Å². The highest BCUT2D eigenvalue weighted by molar-refractivity contribution is 5.97. The van der Waals surface area contributed by atoms with Gasteiger partial charge in [-0.2, -0.15) is 5.10 Å². The minimum atomic E-state index is -0.338. The van der Waals surface area contributed by atoms with Gasteiger partial charge < -0.3 is 4.74 Å². The zero-order chi connectivity index (χ0) is 11.3. The summed E-state index contributed by atoms with van der Waals surface area (Å²) in [5.41, 5.74) is 0.529. The molecule has 0 amide bonds. The molecule has 0 radical (unpaired) electrons. The van der Waals surface area contributed by atoms with Crippen LogP contribution in [0.3, 0.4) is 0 Å². The Hall–Kier alpha value is -1.65. The number of ether oxygens (including phenoxy) is 1. The molecule has 0 N–H and O–H groups in total. The van der Waals surface area contributed by atoms with E-state index in [4.69, 9.17) is 4.74 Å². The minimum Gasteiger partial charge on any atom is -0.466 e. The summed E-state index contributed by atoms with van der Waals surface area (Å²) in [6.45, 7) is 2.08. The van der Waals surface area contributed by atoms with Crippen LogP contribution in [-0.2, 0) is 16.6 Å². The molecule has 0 atom stereocenters. The average Bonchev–Trinajstić information content (AvgIpc) is 2.62. The number of esters is 1. The van der Waals surface area contributed by atoms with Gasteiger partial charge in [0.05, 0.1) is 24.8 Å². The van der Waals surface area contributed by atoms with E-state index in [-0.39, 0.29) is 24.6 Å². The Labute approximate surface area is 88.0 Å². The Morgan fingerprint density at radius 1 is 1.47 bits per heavy atom. The monoisotopic (exact) mass is 210 g/mol. The molecule has 0 unspecified atom stereocenters. The van der Waals surface area contributed by atoms with Gasteiger partial charge in [-0.3, -0.25) is 14.3 Å². The molecule has 15 heavy (non-hydrogen) atoms. The SMILES string of the molecule is CCOC(=O)CCC(=O)c1cnn(C)c1. The van der Waals surface area contributed by atoms with E-state index < -0.39 is 0 Å². The van der Waals surface area contributed by atoms with Crippen LogP contribution >= 0.6 is 0 Å². The second-order valence-corrected chi connectivity index (χ2v) is 3.13. The summed E-state index contributed by atoms with van der Waals surface area (Å²) in [5.74, 6) is -0.425. The molecule has 0 saturated carbocycles. The van der Waals surface area contributed by atoms with Gasteiger partial charge >= 0.3 is 5.97 Å². The zero-order valence-corrected chi connectivity index (χ0v) is 8.90. The molecule has 82 valence electrons. The van der Waals surface area contributed by atoms with Crippen molar-refractivity contribution in [3.63, 3.8) is 0 Å². The highest BCUT2D eigenvalue weighted by Crippen LogP contribution is 2.04. The molecule has 0 saturated heterocycles. The van der Waals surface area contributed by atoms with Gasteiger partial charge in [-0.05, 0) is 6.92 Å². The van der Waals surface area contributed by atoms with E-state index >= 15 is 0 Å². The van der Waals surface area contributed by atoms with Crippen molar-refractivity contribution >= 4 is 11.8 Å². The molecule has 0 spiro atoms. The van der Waals surface area contributed by atoms with Gasteiger partial charge in [-0.15, -0.1) is 0 Å². The molecule has 1 rings (SSSR count). The number of hydrogen-bond donors (Lipinski definition) is 0. The fraction of sp³-hybridized carbons (Fsp3) is 0.500. The smallest absolute Gasteiger partial charge is 0.306 e. The molecule has 5 nitrogen and oxygen atoms in total. The topological polar surface area (TPSA) is 61.2 Å². The number of carbonyl (C=O) groups is 2. The van der Waals surface area contributed by atoms with E-state index in [1.807, 2.05) is 0 Å². The number of nitrogens with zero attached hydrogens (tertiary/aromatic N) is 2. The predicted molar refractivity (Wildman–Crippen MR) is 53.4 cm³/mol. The normalized spacial score (nSPS) is 10.0. The van der Waals surface area contributed by atoms with Gasteiger partial charge in [0.2, 0.25) is 0 Å². The first-order valence-corrected chi connectivity index (χ1v) is 4.81. The van der Waals surface area contributed by atoms with Gasteiger partial charge in [0.15, 0.2) is 5.78 Å². The first-order valence-electron chi connectivity index (χ1n) is 4.81. The van der Waals surface area contributed by atoms with Crippen molar-refractivity contribution in [1.29, 1.82) is 0 Å². The molecular formula is C10H14N2O3. The first-order chi connectivity index (χ1) is 7.13. The van der Waals surface area contributed by atoms with Crippen LogP contribution in [0.1, 0.15) is 30.1 Å². The molecular weight excluding hydrogens is 196 g/mol. The third-order valence-corrected chi connectivity index (χ3v) is 1.89. The van der Waals surface area contributed by atoms with Crippen molar-refractivity contribution in [3.8, 4) is 0 Å². The number of hydrogen-bond acceptors (Lipinski definition) is 4. The maximum Gasteiger partial charge on any atom is 0.306 e. The van der Waals surface area contributed by atoms with Crippen molar-refractivity contribution in [1.82, 2.24) is 9.78 Å². The van der Waals surface area contributed by atoms with E-state index in [2.05, 4.69) is 5.10 Å². The number of aryl methyl sites for hydroxylation is 1. The highest BCUT2D eigenvalue weighted by Gasteiger charge is 2.10. The molecule has 0 fully saturated rings. The maximum absolute atomic E-state index is 11.5. The lowest BCUT2D eigenvalue weighted by Gasteiger charge is -1.99. The van der Waals surface area contributed by atoms with Crippen LogP contribution in [0.25, 0.3) is 0 Å². The zero-order valence-electron chi connectivity index (χ0n) is 8.90. The Morgan fingerprint density at radius 3 is 2.73 bits per heavy atom. The molecule has 0 bridgehead atoms. The number of aromatic nitrogens is 2. The number of Topliss-reactive ketones (excluding diaryl/α,β-unsaturated/α-hetero) is 1. The molecule has 0 aliphatic carbocycles. The fourth-order valence-corrected chi connectivity index (χ4v) is 1.16. The van der Waals surface area contributed by atoms with Crippen LogP contribution < -0.4 is 0 Å². The maximum atomic E-state index is 11.5. The molecule has 0 aromatic carbocycles. The highest BCUT2D eigenvalue weighted by atomic mass is 16.5. The Morgan fingerprint density at radius 2 is 2.20 bits per heavy atom. The summed E-state index contributed by atoms with van der Waals surface area (Å²) in [5, 5.41) is 3.88. The van der Waals surface area contributed by atoms with Crippen LogP contribution in [0.15, 0.2) is 12.4 Å². The summed E-state index contributed by atoms with van der Waals surface area (Å²) in [4.78, 5) is 22.5. The largest absolute Gasteiger partial charge is 0.466 e. The molecule has 0 aliphatic heterocycles. The second kappa shape index (κ2) is 5.29. The van der Waals surface area contributed by atoms with Crippen LogP contribution in [0.2, 0.25) is 0 Å². The van der Waals surface area contributed by atoms with Crippen molar-refractivity contribution in [3.05, 3.63) is 18.0 Å². The number of ketones is 1. The molecule has 1 heterocycles. The Kier molecular flexibility index (Phi) is 4.03. The van der Waals surface area contributed by atoms with E-state index in [1.165, 1.54) is 6.20 Å². The first kappa shape index (κ1) is 11.4. The molecule has 5 heteroatoms. The quantitative estimate of drug-likeness (QED) is 0.536. The van der Waals surface area contributed by atoms with Crippen LogP contribution in [0.4, 0.5) is 0 Å². The third kappa shape index (κ3) is 3.53. The summed E-state index contributed by atoms with van der Waals surface area (Å²) in [6.07, 6.45) is 3.42. The standard InChI is InChI=1S/C10H14N2O3/c1-3-15-10(14)5-4-9(13)8-6-11-12(2)7-8/h6-7H,3-5H2,1-2H3. The third-order valence-electron chi connectivity index (χ3n) is 1.89. The van der Waals surface area contributed by atoms with Gasteiger partial charge in [-0.1, -0.05) is 0 Å². The Balaban J connectivity index is 2.40. The van der Waals surface area contributed by atoms with E-state index in [0.29, 0.717) is 12.2 Å². The van der Waals surface area contributed by atoms with Crippen molar-refractivity contribution < 1.29 is 14.3 Å². The lowest BCUT2D eigenvalue weighted by Crippen LogP contribution is -2.07. The van der Waals surface area contributed by atoms with E-state index in [9.17, 15) is 9.59 Å². The fourth-order valence-electron chi connectivity index (χ4n) is 1.16. The summed E-state index contributed by atoms with van der Waals surface area (Å²) in [6, 6.07) is 0. The predicted octanol–water partition coefficient (Wildman–Crippen LogP) is 0.946. The van der Waals surface area contributed by atoms with Crippen molar-refractivity contribution in [2.45, 2.75) is 19.8 Å². The van der Waals surface area contributed by atoms with Gasteiger partial charge in [0.25, 0.3) is 0 Å². The minimum absolute atomic E-state index is 0.0869. The summed E-state index contributed by atoms with van der Waals surface area (Å²) in [7, 11) is 1.74. The number of rotatable bonds is 5. The number of carbonyl (C=O) groups excluding carboxylic acids is 2. The molecule has 1 aromatic heterocycles. The summed E-state index contributed by atoms with van der Waals surface area (Å²) < 4.78 is 6.27. The van der Waals surface area contributed by atoms with Gasteiger partial charge in [0.1, 0.15) is 0 Å². The van der Waals surface area contributed by atoms with Gasteiger partial charge in [0, 0.05) is 19.7 Å². The second-order valence-electron chi connectivity index (χ2n) is 3.13. The van der Waals surface area contributed by atoms with Crippen LogP contribution in [0, 0.1) is 0 Å². The van der Waals surface area contributed by atoms with Crippen LogP contribution in [-0.4, -0.2) is 28.1 Å². The lowest BCUT2D eigenvalue weighted by atomic mass is 10.1. The van der Waals surface area contributed by atoms with Gasteiger partial charge in [-0.25, -0.2) is 0 Å². The molecule has 1 aromatic rings. The Bertz CT molecular complexity index is 357. The average molecular weight is 210 g/mol. The lowest BCUT2D eigenvalue weighted by molar-refractivity contribution is -0.143. The summed E-state index contributed by atoms with van der Waals surface area (Å²) >= 11 is 0. The molecule has 0 aliphatic rings.